The van der Waals surface area contributed by atoms with E-state index in [1.807, 2.05) is 11.8 Å². The highest BCUT2D eigenvalue weighted by molar-refractivity contribution is 7.98. The van der Waals surface area contributed by atoms with Crippen molar-refractivity contribution in [3.05, 3.63) is 95.1 Å². The second-order valence-electron chi connectivity index (χ2n) is 8.70. The maximum Gasteiger partial charge on any atom is 0.118 e. The van der Waals surface area contributed by atoms with E-state index >= 15 is 0 Å². The zero-order chi connectivity index (χ0) is 21.8. The third kappa shape index (κ3) is 4.88. The molecule has 0 aromatic heterocycles. The van der Waals surface area contributed by atoms with Crippen molar-refractivity contribution in [2.75, 3.05) is 26.7 Å². The summed E-state index contributed by atoms with van der Waals surface area (Å²) < 4.78 is 12.2. The smallest absolute Gasteiger partial charge is 0.118 e. The molecule has 0 radical (unpaired) electrons. The van der Waals surface area contributed by atoms with Crippen LogP contribution in [0, 0.1) is 0 Å². The molecule has 1 fully saturated rings. The summed E-state index contributed by atoms with van der Waals surface area (Å²) in [6.45, 7) is 3.23. The van der Waals surface area contributed by atoms with E-state index in [2.05, 4.69) is 77.7 Å². The Kier molecular flexibility index (Phi) is 6.82. The Balaban J connectivity index is 1.28. The summed E-state index contributed by atoms with van der Waals surface area (Å²) >= 11 is 1.93. The van der Waals surface area contributed by atoms with Crippen molar-refractivity contribution >= 4 is 11.8 Å². The molecule has 1 unspecified atom stereocenters. The number of nitrogens with zero attached hydrogens (tertiary/aromatic N) is 1. The topological polar surface area (TPSA) is 21.7 Å². The molecule has 0 bridgehead atoms. The van der Waals surface area contributed by atoms with Gasteiger partial charge in [0.25, 0.3) is 0 Å². The number of likely N-dealkylation sites (tertiary alicyclic amines) is 1. The van der Waals surface area contributed by atoms with Gasteiger partial charge in [-0.3, -0.25) is 0 Å². The van der Waals surface area contributed by atoms with Crippen LogP contribution in [0.4, 0.5) is 0 Å². The Morgan fingerprint density at radius 1 is 0.938 bits per heavy atom. The largest absolute Gasteiger partial charge is 0.497 e. The van der Waals surface area contributed by atoms with Crippen molar-refractivity contribution in [3.63, 3.8) is 0 Å². The van der Waals surface area contributed by atoms with E-state index in [9.17, 15) is 0 Å². The van der Waals surface area contributed by atoms with Gasteiger partial charge in [-0.05, 0) is 66.3 Å². The van der Waals surface area contributed by atoms with Gasteiger partial charge in [0.1, 0.15) is 11.9 Å². The van der Waals surface area contributed by atoms with Crippen LogP contribution in [-0.2, 0) is 16.9 Å². The number of hydrogen-bond donors (Lipinski definition) is 0. The fourth-order valence-electron chi connectivity index (χ4n) is 4.82. The third-order valence-corrected chi connectivity index (χ3v) is 7.73. The molecule has 2 aliphatic rings. The lowest BCUT2D eigenvalue weighted by Crippen LogP contribution is -2.41. The van der Waals surface area contributed by atoms with E-state index < -0.39 is 0 Å². The van der Waals surface area contributed by atoms with Gasteiger partial charge in [-0.1, -0.05) is 54.6 Å². The fourth-order valence-corrected chi connectivity index (χ4v) is 5.91. The van der Waals surface area contributed by atoms with Gasteiger partial charge in [0.05, 0.1) is 13.2 Å². The van der Waals surface area contributed by atoms with Crippen LogP contribution in [0.15, 0.2) is 77.7 Å². The van der Waals surface area contributed by atoms with Gasteiger partial charge in [-0.25, -0.2) is 0 Å². The van der Waals surface area contributed by atoms with E-state index in [1.54, 1.807) is 7.11 Å². The molecule has 1 saturated heterocycles. The Bertz CT molecular complexity index is 988. The molecule has 2 atom stereocenters. The van der Waals surface area contributed by atoms with Crippen molar-refractivity contribution in [1.82, 2.24) is 4.90 Å². The van der Waals surface area contributed by atoms with Crippen molar-refractivity contribution in [1.29, 1.82) is 0 Å². The molecule has 4 heteroatoms. The minimum Gasteiger partial charge on any atom is -0.497 e. The molecule has 166 valence electrons. The number of ether oxygens (including phenoxy) is 2. The van der Waals surface area contributed by atoms with Crippen molar-refractivity contribution in [2.45, 2.75) is 42.1 Å². The standard InChI is InChI=1S/C28H31NO2S/c1-30-23-14-12-21(13-15-23)16-18-29-17-6-8-24(19-29)31-28-25-9-3-2-7-22(25)20-32-27-11-5-4-10-26(27)28/h2-5,7,9-15,24,28H,6,8,16-20H2,1H3/t24-,28?/m1/s1. The molecule has 0 spiro atoms. The lowest BCUT2D eigenvalue weighted by molar-refractivity contribution is -0.0340. The Morgan fingerprint density at radius 2 is 1.72 bits per heavy atom. The van der Waals surface area contributed by atoms with Gasteiger partial charge in [0, 0.05) is 23.7 Å². The van der Waals surface area contributed by atoms with Gasteiger partial charge in [0.15, 0.2) is 0 Å². The highest BCUT2D eigenvalue weighted by Crippen LogP contribution is 2.42. The van der Waals surface area contributed by atoms with Crippen LogP contribution in [0.25, 0.3) is 0 Å². The first kappa shape index (κ1) is 21.6. The fraction of sp³-hybridized carbons (Fsp3) is 0.357. The number of hydrogen-bond acceptors (Lipinski definition) is 4. The van der Waals surface area contributed by atoms with E-state index in [4.69, 9.17) is 9.47 Å². The molecule has 5 rings (SSSR count). The SMILES string of the molecule is COc1ccc(CCN2CCC[C@@H](OC3c4ccccc4CSc4ccccc43)C2)cc1. The lowest BCUT2D eigenvalue weighted by atomic mass is 9.96. The van der Waals surface area contributed by atoms with Crippen LogP contribution in [0.5, 0.6) is 5.75 Å². The summed E-state index contributed by atoms with van der Waals surface area (Å²) in [5.41, 5.74) is 5.40. The maximum absolute atomic E-state index is 6.91. The first-order valence-electron chi connectivity index (χ1n) is 11.6. The number of rotatable bonds is 6. The number of benzene rings is 3. The zero-order valence-electron chi connectivity index (χ0n) is 18.7. The normalized spacial score (nSPS) is 20.8. The average molecular weight is 446 g/mol. The molecule has 32 heavy (non-hydrogen) atoms. The zero-order valence-corrected chi connectivity index (χ0v) is 19.5. The van der Waals surface area contributed by atoms with Crippen LogP contribution < -0.4 is 4.74 Å². The molecule has 3 nitrogen and oxygen atoms in total. The second-order valence-corrected chi connectivity index (χ2v) is 9.72. The molecule has 0 aliphatic carbocycles. The molecule has 2 heterocycles. The first-order valence-corrected chi connectivity index (χ1v) is 12.6. The Labute approximate surface area is 195 Å². The van der Waals surface area contributed by atoms with Crippen LogP contribution >= 0.6 is 11.8 Å². The quantitative estimate of drug-likeness (QED) is 0.456. The molecule has 0 saturated carbocycles. The van der Waals surface area contributed by atoms with Gasteiger partial charge in [0.2, 0.25) is 0 Å². The Hall–Kier alpha value is -2.27. The van der Waals surface area contributed by atoms with Crippen molar-refractivity contribution in [3.8, 4) is 5.75 Å². The first-order chi connectivity index (χ1) is 15.8. The summed E-state index contributed by atoms with van der Waals surface area (Å²) in [5, 5.41) is 0. The summed E-state index contributed by atoms with van der Waals surface area (Å²) in [7, 11) is 1.71. The summed E-state index contributed by atoms with van der Waals surface area (Å²) in [6, 6.07) is 26.0. The van der Waals surface area contributed by atoms with Gasteiger partial charge in [-0.15, -0.1) is 11.8 Å². The van der Waals surface area contributed by atoms with Gasteiger partial charge < -0.3 is 14.4 Å². The minimum atomic E-state index is 0.0175. The summed E-state index contributed by atoms with van der Waals surface area (Å²) in [4.78, 5) is 3.92. The van der Waals surface area contributed by atoms with E-state index in [0.717, 1.165) is 44.0 Å². The molecule has 0 amide bonds. The number of thioether (sulfide) groups is 1. The van der Waals surface area contributed by atoms with Gasteiger partial charge in [-0.2, -0.15) is 0 Å². The van der Waals surface area contributed by atoms with Gasteiger partial charge >= 0.3 is 0 Å². The van der Waals surface area contributed by atoms with Crippen LogP contribution in [0.1, 0.15) is 41.2 Å². The molecule has 3 aromatic rings. The molecule has 3 aromatic carbocycles. The van der Waals surface area contributed by atoms with Crippen LogP contribution in [0.2, 0.25) is 0 Å². The van der Waals surface area contributed by atoms with E-state index in [1.165, 1.54) is 33.6 Å². The van der Waals surface area contributed by atoms with Crippen LogP contribution in [0.3, 0.4) is 0 Å². The minimum absolute atomic E-state index is 0.0175. The molecular weight excluding hydrogens is 414 g/mol. The number of fused-ring (bicyclic) bond motifs is 2. The molecule has 0 N–H and O–H groups in total. The highest BCUT2D eigenvalue weighted by atomic mass is 32.2. The second kappa shape index (κ2) is 10.1. The van der Waals surface area contributed by atoms with Crippen molar-refractivity contribution in [2.24, 2.45) is 0 Å². The van der Waals surface area contributed by atoms with E-state index in [-0.39, 0.29) is 12.2 Å². The van der Waals surface area contributed by atoms with E-state index in [0.29, 0.717) is 0 Å². The summed E-state index contributed by atoms with van der Waals surface area (Å²) in [6.07, 6.45) is 3.66. The Morgan fingerprint density at radius 3 is 2.56 bits per heavy atom. The highest BCUT2D eigenvalue weighted by Gasteiger charge is 2.29. The molecule has 2 aliphatic heterocycles. The molecular formula is C28H31NO2S. The third-order valence-electron chi connectivity index (χ3n) is 6.59. The number of methoxy groups -OCH3 is 1. The predicted octanol–water partition coefficient (Wildman–Crippen LogP) is 6.11. The predicted molar refractivity (Wildman–Crippen MR) is 132 cm³/mol. The lowest BCUT2D eigenvalue weighted by Gasteiger charge is -2.35. The van der Waals surface area contributed by atoms with Crippen LogP contribution in [-0.4, -0.2) is 37.7 Å². The van der Waals surface area contributed by atoms with Crippen molar-refractivity contribution < 1.29 is 9.47 Å². The maximum atomic E-state index is 6.91. The monoisotopic (exact) mass is 445 g/mol. The average Bonchev–Trinajstić information content (AvgIpc) is 3.01. The number of piperidine rings is 1. The summed E-state index contributed by atoms with van der Waals surface area (Å²) in [5.74, 6) is 1.92.